The highest BCUT2D eigenvalue weighted by Gasteiger charge is 2.19. The van der Waals surface area contributed by atoms with Gasteiger partial charge in [-0.3, -0.25) is 4.90 Å². The lowest BCUT2D eigenvalue weighted by Crippen LogP contribution is -2.44. The van der Waals surface area contributed by atoms with Crippen molar-refractivity contribution in [3.63, 3.8) is 0 Å². The van der Waals surface area contributed by atoms with E-state index in [0.29, 0.717) is 13.0 Å². The Balaban J connectivity index is 1.64. The van der Waals surface area contributed by atoms with Crippen LogP contribution in [0.4, 0.5) is 0 Å². The second kappa shape index (κ2) is 8.65. The van der Waals surface area contributed by atoms with Crippen LogP contribution < -0.4 is 5.14 Å². The molecule has 2 aromatic carbocycles. The quantitative estimate of drug-likeness (QED) is 0.637. The smallest absolute Gasteiger partial charge is 0.238 e. The van der Waals surface area contributed by atoms with E-state index < -0.39 is 10.0 Å². The maximum absolute atomic E-state index is 11.6. The number of benzene rings is 2. The first-order valence-electron chi connectivity index (χ1n) is 9.91. The third kappa shape index (κ3) is 4.93. The van der Waals surface area contributed by atoms with Gasteiger partial charge < -0.3 is 4.90 Å². The molecule has 158 valence electrons. The Hall–Kier alpha value is -2.59. The zero-order valence-corrected chi connectivity index (χ0v) is 17.8. The summed E-state index contributed by atoms with van der Waals surface area (Å²) in [5.41, 5.74) is 1.91. The first-order chi connectivity index (χ1) is 14.4. The fraction of sp³-hybridized carbons (Fsp3) is 0.333. The van der Waals surface area contributed by atoms with Crippen molar-refractivity contribution in [2.75, 3.05) is 33.2 Å². The summed E-state index contributed by atoms with van der Waals surface area (Å²) in [6.45, 7) is 4.68. The van der Waals surface area contributed by atoms with Crippen LogP contribution >= 0.6 is 0 Å². The molecule has 2 N–H and O–H groups in total. The molecule has 4 rings (SSSR count). The van der Waals surface area contributed by atoms with E-state index in [0.717, 1.165) is 49.1 Å². The molecule has 8 nitrogen and oxygen atoms in total. The normalized spacial score (nSPS) is 16.1. The molecular weight excluding hydrogens is 400 g/mol. The van der Waals surface area contributed by atoms with Gasteiger partial charge in [0.05, 0.1) is 17.1 Å². The van der Waals surface area contributed by atoms with Crippen LogP contribution in [-0.2, 0) is 23.0 Å². The molecule has 2 heterocycles. The molecule has 0 bridgehead atoms. The third-order valence-electron chi connectivity index (χ3n) is 5.29. The number of aromatic nitrogens is 3. The number of hydrogen-bond donors (Lipinski definition) is 1. The fourth-order valence-corrected chi connectivity index (χ4v) is 4.05. The van der Waals surface area contributed by atoms with Crippen LogP contribution in [-0.4, -0.2) is 66.2 Å². The molecule has 0 atom stereocenters. The summed E-state index contributed by atoms with van der Waals surface area (Å²) in [5, 5.41) is 9.96. The van der Waals surface area contributed by atoms with Gasteiger partial charge in [0, 0.05) is 32.6 Å². The lowest BCUT2D eigenvalue weighted by atomic mass is 10.1. The maximum atomic E-state index is 11.6. The van der Waals surface area contributed by atoms with Crippen molar-refractivity contribution in [2.45, 2.75) is 17.9 Å². The molecule has 30 heavy (non-hydrogen) atoms. The molecule has 1 fully saturated rings. The van der Waals surface area contributed by atoms with Crippen LogP contribution in [0.3, 0.4) is 0 Å². The average Bonchev–Trinajstić information content (AvgIpc) is 3.12. The van der Waals surface area contributed by atoms with Gasteiger partial charge in [0.15, 0.2) is 5.82 Å². The van der Waals surface area contributed by atoms with Gasteiger partial charge in [-0.25, -0.2) is 23.2 Å². The van der Waals surface area contributed by atoms with Crippen molar-refractivity contribution in [2.24, 2.45) is 5.14 Å². The first kappa shape index (κ1) is 20.7. The van der Waals surface area contributed by atoms with Crippen molar-refractivity contribution < 1.29 is 8.42 Å². The Bertz CT molecular complexity index is 1090. The number of nitrogens with two attached hydrogens (primary N) is 1. The van der Waals surface area contributed by atoms with E-state index >= 15 is 0 Å². The summed E-state index contributed by atoms with van der Waals surface area (Å²) in [7, 11) is -1.60. The molecule has 0 unspecified atom stereocenters. The standard InChI is InChI=1S/C21H26N6O2S/c1-25-11-13-26(14-12-25)16-21-23-20(15-17-5-3-2-4-6-17)24-27(21)18-7-9-19(10-8-18)30(22,28)29/h2-10H,11-16H2,1H3,(H2,22,28,29). The largest absolute Gasteiger partial charge is 0.304 e. The second-order valence-corrected chi connectivity index (χ2v) is 9.20. The van der Waals surface area contributed by atoms with E-state index in [1.165, 1.54) is 12.1 Å². The molecule has 0 spiro atoms. The minimum atomic E-state index is -3.73. The van der Waals surface area contributed by atoms with Crippen LogP contribution in [0.1, 0.15) is 17.2 Å². The van der Waals surface area contributed by atoms with Crippen LogP contribution in [0, 0.1) is 0 Å². The molecule has 1 saturated heterocycles. The zero-order valence-electron chi connectivity index (χ0n) is 17.0. The van der Waals surface area contributed by atoms with E-state index in [1.807, 2.05) is 22.9 Å². The Morgan fingerprint density at radius 1 is 0.967 bits per heavy atom. The Morgan fingerprint density at radius 2 is 1.63 bits per heavy atom. The summed E-state index contributed by atoms with van der Waals surface area (Å²) in [6, 6.07) is 16.5. The second-order valence-electron chi connectivity index (χ2n) is 7.64. The third-order valence-corrected chi connectivity index (χ3v) is 6.22. The van der Waals surface area contributed by atoms with Crippen molar-refractivity contribution >= 4 is 10.0 Å². The minimum Gasteiger partial charge on any atom is -0.304 e. The number of nitrogens with zero attached hydrogens (tertiary/aromatic N) is 5. The Labute approximate surface area is 177 Å². The van der Waals surface area contributed by atoms with Gasteiger partial charge in [-0.15, -0.1) is 0 Å². The van der Waals surface area contributed by atoms with E-state index in [9.17, 15) is 8.42 Å². The molecule has 1 aliphatic heterocycles. The fourth-order valence-electron chi connectivity index (χ4n) is 3.54. The molecule has 0 amide bonds. The monoisotopic (exact) mass is 426 g/mol. The number of sulfonamides is 1. The van der Waals surface area contributed by atoms with Gasteiger partial charge in [0.1, 0.15) is 5.82 Å². The van der Waals surface area contributed by atoms with Gasteiger partial charge in [-0.2, -0.15) is 5.10 Å². The van der Waals surface area contributed by atoms with Crippen LogP contribution in [0.25, 0.3) is 5.69 Å². The molecule has 3 aromatic rings. The van der Waals surface area contributed by atoms with Gasteiger partial charge in [0.2, 0.25) is 10.0 Å². The first-order valence-corrected chi connectivity index (χ1v) is 11.5. The topological polar surface area (TPSA) is 97.3 Å². The number of likely N-dealkylation sites (N-methyl/N-ethyl adjacent to an activating group) is 1. The number of primary sulfonamides is 1. The lowest BCUT2D eigenvalue weighted by Gasteiger charge is -2.31. The molecular formula is C21H26N6O2S. The summed E-state index contributed by atoms with van der Waals surface area (Å²) >= 11 is 0. The molecule has 0 aliphatic carbocycles. The summed E-state index contributed by atoms with van der Waals surface area (Å²) in [4.78, 5) is 9.58. The Kier molecular flexibility index (Phi) is 5.96. The highest BCUT2D eigenvalue weighted by atomic mass is 32.2. The number of rotatable bonds is 6. The minimum absolute atomic E-state index is 0.0801. The van der Waals surface area contributed by atoms with Gasteiger partial charge >= 0.3 is 0 Å². The highest BCUT2D eigenvalue weighted by Crippen LogP contribution is 2.17. The summed E-state index contributed by atoms with van der Waals surface area (Å²) in [6.07, 6.45) is 0.638. The summed E-state index contributed by atoms with van der Waals surface area (Å²) in [5.74, 6) is 1.58. The van der Waals surface area contributed by atoms with Gasteiger partial charge in [0.25, 0.3) is 0 Å². The highest BCUT2D eigenvalue weighted by molar-refractivity contribution is 7.89. The van der Waals surface area contributed by atoms with E-state index in [4.69, 9.17) is 15.2 Å². The van der Waals surface area contributed by atoms with Crippen LogP contribution in [0.2, 0.25) is 0 Å². The van der Waals surface area contributed by atoms with E-state index in [-0.39, 0.29) is 4.90 Å². The summed E-state index contributed by atoms with van der Waals surface area (Å²) < 4.78 is 25.0. The van der Waals surface area contributed by atoms with Crippen molar-refractivity contribution in [1.82, 2.24) is 24.6 Å². The molecule has 0 radical (unpaired) electrons. The zero-order chi connectivity index (χ0) is 21.1. The predicted molar refractivity (Wildman–Crippen MR) is 115 cm³/mol. The number of hydrogen-bond acceptors (Lipinski definition) is 6. The van der Waals surface area contributed by atoms with Crippen molar-refractivity contribution in [3.05, 3.63) is 71.8 Å². The lowest BCUT2D eigenvalue weighted by molar-refractivity contribution is 0.144. The van der Waals surface area contributed by atoms with Crippen LogP contribution in [0.5, 0.6) is 0 Å². The van der Waals surface area contributed by atoms with Crippen molar-refractivity contribution in [3.8, 4) is 5.69 Å². The molecule has 1 aliphatic rings. The van der Waals surface area contributed by atoms with E-state index in [2.05, 4.69) is 29.0 Å². The molecule has 9 heteroatoms. The molecule has 1 aromatic heterocycles. The Morgan fingerprint density at radius 3 is 2.27 bits per heavy atom. The average molecular weight is 427 g/mol. The van der Waals surface area contributed by atoms with Crippen LogP contribution in [0.15, 0.2) is 59.5 Å². The van der Waals surface area contributed by atoms with Gasteiger partial charge in [-0.1, -0.05) is 30.3 Å². The van der Waals surface area contributed by atoms with Gasteiger partial charge in [-0.05, 0) is 36.9 Å². The van der Waals surface area contributed by atoms with Crippen molar-refractivity contribution in [1.29, 1.82) is 0 Å². The SMILES string of the molecule is CN1CCN(Cc2nc(Cc3ccccc3)nn2-c2ccc(S(N)(=O)=O)cc2)CC1. The number of piperazine rings is 1. The van der Waals surface area contributed by atoms with E-state index in [1.54, 1.807) is 12.1 Å². The maximum Gasteiger partial charge on any atom is 0.238 e. The molecule has 0 saturated carbocycles. The predicted octanol–water partition coefficient (Wildman–Crippen LogP) is 1.25.